The standard InChI is InChI=1S/C23H21N3O5S/c1-16-13-17(2)15-20(14-16)25-32(30,31)22-10-6-19(7-11-22)24-23(27)12-5-18-3-8-21(9-4-18)26(28)29/h3-15,25H,1-2H3,(H,24,27)/b12-5+. The summed E-state index contributed by atoms with van der Waals surface area (Å²) < 4.78 is 27.8. The Labute approximate surface area is 185 Å². The maximum Gasteiger partial charge on any atom is 0.269 e. The van der Waals surface area contributed by atoms with E-state index < -0.39 is 20.9 Å². The van der Waals surface area contributed by atoms with Crippen LogP contribution in [0.1, 0.15) is 16.7 Å². The highest BCUT2D eigenvalue weighted by Gasteiger charge is 2.14. The van der Waals surface area contributed by atoms with Crippen LogP contribution in [0.4, 0.5) is 17.1 Å². The smallest absolute Gasteiger partial charge is 0.269 e. The lowest BCUT2D eigenvalue weighted by atomic mass is 10.1. The van der Waals surface area contributed by atoms with Crippen LogP contribution in [-0.2, 0) is 14.8 Å². The lowest BCUT2D eigenvalue weighted by Gasteiger charge is -2.10. The Morgan fingerprint density at radius 3 is 2.06 bits per heavy atom. The number of hydrogen-bond acceptors (Lipinski definition) is 5. The number of nitro benzene ring substituents is 1. The fourth-order valence-corrected chi connectivity index (χ4v) is 4.07. The van der Waals surface area contributed by atoms with Gasteiger partial charge >= 0.3 is 0 Å². The summed E-state index contributed by atoms with van der Waals surface area (Å²) in [4.78, 5) is 22.3. The van der Waals surface area contributed by atoms with Crippen molar-refractivity contribution < 1.29 is 18.1 Å². The fourth-order valence-electron chi connectivity index (χ4n) is 3.03. The maximum absolute atomic E-state index is 12.6. The molecule has 9 heteroatoms. The van der Waals surface area contributed by atoms with Gasteiger partial charge in [-0.15, -0.1) is 0 Å². The molecule has 0 spiro atoms. The zero-order valence-corrected chi connectivity index (χ0v) is 18.2. The molecule has 8 nitrogen and oxygen atoms in total. The first kappa shape index (κ1) is 22.7. The minimum Gasteiger partial charge on any atom is -0.323 e. The van der Waals surface area contributed by atoms with Gasteiger partial charge in [0.1, 0.15) is 0 Å². The number of nitrogens with one attached hydrogen (secondary N) is 2. The van der Waals surface area contributed by atoms with Crippen LogP contribution in [-0.4, -0.2) is 19.2 Å². The van der Waals surface area contributed by atoms with Crippen LogP contribution < -0.4 is 10.0 Å². The second kappa shape index (κ2) is 9.44. The largest absolute Gasteiger partial charge is 0.323 e. The van der Waals surface area contributed by atoms with Crippen LogP contribution in [0.3, 0.4) is 0 Å². The predicted molar refractivity (Wildman–Crippen MR) is 124 cm³/mol. The van der Waals surface area contributed by atoms with Gasteiger partial charge in [-0.2, -0.15) is 0 Å². The Bertz CT molecular complexity index is 1260. The van der Waals surface area contributed by atoms with Crippen molar-refractivity contribution in [2.24, 2.45) is 0 Å². The Morgan fingerprint density at radius 2 is 1.50 bits per heavy atom. The molecule has 0 heterocycles. The van der Waals surface area contributed by atoms with E-state index >= 15 is 0 Å². The molecule has 0 aliphatic heterocycles. The topological polar surface area (TPSA) is 118 Å². The number of aryl methyl sites for hydroxylation is 2. The molecule has 164 valence electrons. The summed E-state index contributed by atoms with van der Waals surface area (Å²) in [6.07, 6.45) is 2.80. The van der Waals surface area contributed by atoms with Gasteiger partial charge in [-0.05, 0) is 85.1 Å². The van der Waals surface area contributed by atoms with Crippen LogP contribution in [0.2, 0.25) is 0 Å². The molecule has 0 aliphatic rings. The van der Waals surface area contributed by atoms with Crippen molar-refractivity contribution in [1.82, 2.24) is 0 Å². The van der Waals surface area contributed by atoms with Crippen LogP contribution >= 0.6 is 0 Å². The Kier molecular flexibility index (Phi) is 6.70. The molecule has 1 amide bonds. The van der Waals surface area contributed by atoms with E-state index in [0.717, 1.165) is 11.1 Å². The normalized spacial score (nSPS) is 11.3. The highest BCUT2D eigenvalue weighted by molar-refractivity contribution is 7.92. The van der Waals surface area contributed by atoms with Gasteiger partial charge in [0.15, 0.2) is 0 Å². The number of carbonyl (C=O) groups excluding carboxylic acids is 1. The number of amides is 1. The third-order valence-electron chi connectivity index (χ3n) is 4.44. The Balaban J connectivity index is 1.64. The molecule has 0 unspecified atom stereocenters. The van der Waals surface area contributed by atoms with Crippen LogP contribution in [0.25, 0.3) is 6.08 Å². The van der Waals surface area contributed by atoms with Gasteiger partial charge in [-0.1, -0.05) is 6.07 Å². The van der Waals surface area contributed by atoms with Gasteiger partial charge < -0.3 is 5.32 Å². The predicted octanol–water partition coefficient (Wildman–Crippen LogP) is 4.66. The monoisotopic (exact) mass is 451 g/mol. The molecule has 0 bridgehead atoms. The summed E-state index contributed by atoms with van der Waals surface area (Å²) in [6, 6.07) is 17.0. The van der Waals surface area contributed by atoms with E-state index in [2.05, 4.69) is 10.0 Å². The first-order valence-electron chi connectivity index (χ1n) is 9.57. The van der Waals surface area contributed by atoms with Gasteiger partial charge in [0.05, 0.1) is 9.82 Å². The fraction of sp³-hybridized carbons (Fsp3) is 0.0870. The van der Waals surface area contributed by atoms with Crippen molar-refractivity contribution in [2.75, 3.05) is 10.0 Å². The lowest BCUT2D eigenvalue weighted by Crippen LogP contribution is -2.13. The van der Waals surface area contributed by atoms with Crippen LogP contribution in [0, 0.1) is 24.0 Å². The lowest BCUT2D eigenvalue weighted by molar-refractivity contribution is -0.384. The number of nitrogens with zero attached hydrogens (tertiary/aromatic N) is 1. The van der Waals surface area contributed by atoms with Crippen molar-refractivity contribution in [2.45, 2.75) is 18.7 Å². The SMILES string of the molecule is Cc1cc(C)cc(NS(=O)(=O)c2ccc(NC(=O)/C=C/c3ccc([N+](=O)[O-])cc3)cc2)c1. The molecule has 0 saturated carbocycles. The number of non-ortho nitro benzene ring substituents is 1. The molecule has 32 heavy (non-hydrogen) atoms. The van der Waals surface area contributed by atoms with Crippen molar-refractivity contribution in [3.63, 3.8) is 0 Å². The molecule has 0 aliphatic carbocycles. The van der Waals surface area contributed by atoms with Gasteiger partial charge in [-0.3, -0.25) is 19.6 Å². The molecule has 2 N–H and O–H groups in total. The molecular weight excluding hydrogens is 430 g/mol. The average Bonchev–Trinajstić information content (AvgIpc) is 2.72. The minimum absolute atomic E-state index is 0.0336. The van der Waals surface area contributed by atoms with Crippen molar-refractivity contribution in [1.29, 1.82) is 0 Å². The number of hydrogen-bond donors (Lipinski definition) is 2. The first-order chi connectivity index (χ1) is 15.1. The van der Waals surface area contributed by atoms with E-state index in [-0.39, 0.29) is 10.6 Å². The second-order valence-electron chi connectivity index (χ2n) is 7.18. The Morgan fingerprint density at radius 1 is 0.906 bits per heavy atom. The van der Waals surface area contributed by atoms with Crippen LogP contribution in [0.15, 0.2) is 77.7 Å². The molecule has 0 fully saturated rings. The third kappa shape index (κ3) is 6.02. The highest BCUT2D eigenvalue weighted by atomic mass is 32.2. The average molecular weight is 452 g/mol. The van der Waals surface area contributed by atoms with E-state index in [9.17, 15) is 23.3 Å². The number of anilines is 2. The van der Waals surface area contributed by atoms with Crippen LogP contribution in [0.5, 0.6) is 0 Å². The molecule has 0 saturated heterocycles. The summed E-state index contributed by atoms with van der Waals surface area (Å²) in [7, 11) is -3.77. The molecule has 3 aromatic carbocycles. The summed E-state index contributed by atoms with van der Waals surface area (Å²) in [5.41, 5.74) is 3.40. The zero-order chi connectivity index (χ0) is 23.3. The molecule has 0 radical (unpaired) electrons. The second-order valence-corrected chi connectivity index (χ2v) is 8.86. The summed E-state index contributed by atoms with van der Waals surface area (Å²) >= 11 is 0. The quantitative estimate of drug-likeness (QED) is 0.308. The van der Waals surface area contributed by atoms with E-state index in [1.165, 1.54) is 60.7 Å². The molecule has 0 atom stereocenters. The number of nitro groups is 1. The van der Waals surface area contributed by atoms with E-state index in [1.54, 1.807) is 12.1 Å². The van der Waals surface area contributed by atoms with Crippen molar-refractivity contribution >= 4 is 39.1 Å². The van der Waals surface area contributed by atoms with Crippen molar-refractivity contribution in [3.05, 3.63) is 99.6 Å². The third-order valence-corrected chi connectivity index (χ3v) is 5.83. The maximum atomic E-state index is 12.6. The first-order valence-corrected chi connectivity index (χ1v) is 11.1. The van der Waals surface area contributed by atoms with Crippen molar-refractivity contribution in [3.8, 4) is 0 Å². The van der Waals surface area contributed by atoms with Gasteiger partial charge in [0.25, 0.3) is 15.7 Å². The number of benzene rings is 3. The minimum atomic E-state index is -3.77. The number of carbonyl (C=O) groups is 1. The summed E-state index contributed by atoms with van der Waals surface area (Å²) in [5, 5.41) is 13.3. The summed E-state index contributed by atoms with van der Waals surface area (Å²) in [5.74, 6) is -0.424. The number of rotatable bonds is 7. The molecule has 0 aromatic heterocycles. The molecule has 3 aromatic rings. The van der Waals surface area contributed by atoms with Gasteiger partial charge in [0.2, 0.25) is 5.91 Å². The zero-order valence-electron chi connectivity index (χ0n) is 17.4. The van der Waals surface area contributed by atoms with Gasteiger partial charge in [-0.25, -0.2) is 8.42 Å². The molecule has 3 rings (SSSR count). The Hall–Kier alpha value is -3.98. The van der Waals surface area contributed by atoms with E-state index in [0.29, 0.717) is 16.9 Å². The molecular formula is C23H21N3O5S. The van der Waals surface area contributed by atoms with Gasteiger partial charge in [0, 0.05) is 29.6 Å². The number of sulfonamides is 1. The highest BCUT2D eigenvalue weighted by Crippen LogP contribution is 2.20. The van der Waals surface area contributed by atoms with E-state index in [1.807, 2.05) is 19.9 Å². The van der Waals surface area contributed by atoms with E-state index in [4.69, 9.17) is 0 Å². The summed E-state index contributed by atoms with van der Waals surface area (Å²) in [6.45, 7) is 3.77.